The summed E-state index contributed by atoms with van der Waals surface area (Å²) in [4.78, 5) is 14.9. The molecular weight excluding hydrogens is 168 g/mol. The van der Waals surface area contributed by atoms with Gasteiger partial charge in [0.15, 0.2) is 5.92 Å². The molecular formula is C9H8N2O2. The van der Waals surface area contributed by atoms with Crippen LogP contribution < -0.4 is 0 Å². The third kappa shape index (κ3) is 2.03. The molecule has 4 nitrogen and oxygen atoms in total. The van der Waals surface area contributed by atoms with E-state index in [0.29, 0.717) is 5.56 Å². The summed E-state index contributed by atoms with van der Waals surface area (Å²) in [5, 5.41) is 8.70. The Hall–Kier alpha value is -1.89. The minimum absolute atomic E-state index is 0.553. The number of pyridine rings is 1. The van der Waals surface area contributed by atoms with Gasteiger partial charge >= 0.3 is 5.97 Å². The first-order valence-electron chi connectivity index (χ1n) is 3.67. The molecule has 0 spiro atoms. The van der Waals surface area contributed by atoms with Gasteiger partial charge < -0.3 is 4.74 Å². The van der Waals surface area contributed by atoms with Crippen molar-refractivity contribution in [2.24, 2.45) is 0 Å². The van der Waals surface area contributed by atoms with Crippen LogP contribution in [0, 0.1) is 11.3 Å². The average Bonchev–Trinajstić information content (AvgIpc) is 2.20. The van der Waals surface area contributed by atoms with Crippen molar-refractivity contribution < 1.29 is 9.53 Å². The van der Waals surface area contributed by atoms with E-state index in [1.165, 1.54) is 13.3 Å². The molecule has 0 radical (unpaired) electrons. The van der Waals surface area contributed by atoms with E-state index in [2.05, 4.69) is 9.72 Å². The number of hydrogen-bond donors (Lipinski definition) is 0. The minimum Gasteiger partial charge on any atom is -0.468 e. The Kier molecular flexibility index (Phi) is 2.98. The van der Waals surface area contributed by atoms with Crippen molar-refractivity contribution >= 4 is 5.97 Å². The molecule has 1 aromatic heterocycles. The first-order valence-corrected chi connectivity index (χ1v) is 3.67. The smallest absolute Gasteiger partial charge is 0.327 e. The van der Waals surface area contributed by atoms with Crippen molar-refractivity contribution in [2.45, 2.75) is 5.92 Å². The molecule has 0 aliphatic carbocycles. The molecule has 13 heavy (non-hydrogen) atoms. The molecule has 0 aliphatic heterocycles. The number of carbonyl (C=O) groups is 1. The highest BCUT2D eigenvalue weighted by Gasteiger charge is 2.20. The van der Waals surface area contributed by atoms with Crippen LogP contribution in [0.2, 0.25) is 0 Å². The summed E-state index contributed by atoms with van der Waals surface area (Å²) >= 11 is 0. The fraction of sp³-hybridized carbons (Fsp3) is 0.222. The Morgan fingerprint density at radius 1 is 1.77 bits per heavy atom. The van der Waals surface area contributed by atoms with E-state index < -0.39 is 11.9 Å². The highest BCUT2D eigenvalue weighted by Crippen LogP contribution is 2.14. The van der Waals surface area contributed by atoms with Crippen molar-refractivity contribution in [3.63, 3.8) is 0 Å². The van der Waals surface area contributed by atoms with Crippen molar-refractivity contribution in [2.75, 3.05) is 7.11 Å². The van der Waals surface area contributed by atoms with Gasteiger partial charge in [-0.15, -0.1) is 0 Å². The van der Waals surface area contributed by atoms with Crippen molar-refractivity contribution in [3.8, 4) is 6.07 Å². The van der Waals surface area contributed by atoms with Gasteiger partial charge in [0.2, 0.25) is 0 Å². The molecule has 1 heterocycles. The second-order valence-corrected chi connectivity index (χ2v) is 2.37. The molecule has 1 atom stereocenters. The van der Waals surface area contributed by atoms with E-state index in [-0.39, 0.29) is 0 Å². The van der Waals surface area contributed by atoms with Crippen molar-refractivity contribution in [3.05, 3.63) is 30.1 Å². The fourth-order valence-electron chi connectivity index (χ4n) is 0.928. The molecule has 0 N–H and O–H groups in total. The van der Waals surface area contributed by atoms with Crippen LogP contribution in [0.5, 0.6) is 0 Å². The van der Waals surface area contributed by atoms with Gasteiger partial charge in [-0.2, -0.15) is 5.26 Å². The maximum absolute atomic E-state index is 11.1. The topological polar surface area (TPSA) is 63.0 Å². The molecule has 1 aromatic rings. The summed E-state index contributed by atoms with van der Waals surface area (Å²) in [6.07, 6.45) is 3.06. The van der Waals surface area contributed by atoms with Crippen molar-refractivity contribution in [1.82, 2.24) is 4.98 Å². The number of nitrogens with zero attached hydrogens (tertiary/aromatic N) is 2. The van der Waals surface area contributed by atoms with E-state index in [1.54, 1.807) is 18.3 Å². The highest BCUT2D eigenvalue weighted by atomic mass is 16.5. The summed E-state index contributed by atoms with van der Waals surface area (Å²) in [5.74, 6) is -1.44. The molecule has 4 heteroatoms. The summed E-state index contributed by atoms with van der Waals surface area (Å²) in [5.41, 5.74) is 0.553. The SMILES string of the molecule is COC(=O)C(C#N)c1cccnc1. The lowest BCUT2D eigenvalue weighted by Gasteiger charge is -2.05. The third-order valence-corrected chi connectivity index (χ3v) is 1.58. The van der Waals surface area contributed by atoms with Crippen LogP contribution in [-0.2, 0) is 9.53 Å². The standard InChI is InChI=1S/C9H8N2O2/c1-13-9(12)8(5-10)7-3-2-4-11-6-7/h2-4,6,8H,1H3. The molecule has 0 saturated heterocycles. The lowest BCUT2D eigenvalue weighted by Crippen LogP contribution is -2.12. The van der Waals surface area contributed by atoms with Crippen LogP contribution in [-0.4, -0.2) is 18.1 Å². The zero-order chi connectivity index (χ0) is 9.68. The minimum atomic E-state index is -0.876. The van der Waals surface area contributed by atoms with Gasteiger partial charge in [-0.25, -0.2) is 0 Å². The molecule has 0 amide bonds. The number of aromatic nitrogens is 1. The van der Waals surface area contributed by atoms with Crippen LogP contribution in [0.25, 0.3) is 0 Å². The Balaban J connectivity index is 2.93. The van der Waals surface area contributed by atoms with Gasteiger partial charge in [0, 0.05) is 12.4 Å². The number of hydrogen-bond acceptors (Lipinski definition) is 4. The molecule has 0 saturated carbocycles. The number of ether oxygens (including phenoxy) is 1. The quantitative estimate of drug-likeness (QED) is 0.627. The van der Waals surface area contributed by atoms with Gasteiger partial charge in [-0.1, -0.05) is 6.07 Å². The largest absolute Gasteiger partial charge is 0.468 e. The van der Waals surface area contributed by atoms with E-state index in [9.17, 15) is 4.79 Å². The second-order valence-electron chi connectivity index (χ2n) is 2.37. The maximum atomic E-state index is 11.1. The third-order valence-electron chi connectivity index (χ3n) is 1.58. The molecule has 0 fully saturated rings. The van der Waals surface area contributed by atoms with Crippen LogP contribution in [0.4, 0.5) is 0 Å². The molecule has 1 unspecified atom stereocenters. The van der Waals surface area contributed by atoms with Gasteiger partial charge in [-0.05, 0) is 11.6 Å². The maximum Gasteiger partial charge on any atom is 0.327 e. The number of nitriles is 1. The average molecular weight is 176 g/mol. The zero-order valence-corrected chi connectivity index (χ0v) is 7.10. The summed E-state index contributed by atoms with van der Waals surface area (Å²) < 4.78 is 4.47. The van der Waals surface area contributed by atoms with Gasteiger partial charge in [0.1, 0.15) is 0 Å². The number of esters is 1. The van der Waals surface area contributed by atoms with Gasteiger partial charge in [-0.3, -0.25) is 9.78 Å². The molecule has 66 valence electrons. The Labute approximate surface area is 75.8 Å². The molecule has 1 rings (SSSR count). The zero-order valence-electron chi connectivity index (χ0n) is 7.10. The Morgan fingerprint density at radius 3 is 3.00 bits per heavy atom. The molecule has 0 aromatic carbocycles. The van der Waals surface area contributed by atoms with E-state index in [4.69, 9.17) is 5.26 Å². The number of carbonyl (C=O) groups excluding carboxylic acids is 1. The van der Waals surface area contributed by atoms with Crippen LogP contribution >= 0.6 is 0 Å². The monoisotopic (exact) mass is 176 g/mol. The predicted molar refractivity (Wildman–Crippen MR) is 44.6 cm³/mol. The van der Waals surface area contributed by atoms with Gasteiger partial charge in [0.25, 0.3) is 0 Å². The number of methoxy groups -OCH3 is 1. The van der Waals surface area contributed by atoms with E-state index >= 15 is 0 Å². The van der Waals surface area contributed by atoms with Crippen LogP contribution in [0.1, 0.15) is 11.5 Å². The van der Waals surface area contributed by atoms with E-state index in [1.807, 2.05) is 6.07 Å². The van der Waals surface area contributed by atoms with Crippen molar-refractivity contribution in [1.29, 1.82) is 5.26 Å². The second kappa shape index (κ2) is 4.21. The highest BCUT2D eigenvalue weighted by molar-refractivity contribution is 5.80. The van der Waals surface area contributed by atoms with Crippen LogP contribution in [0.3, 0.4) is 0 Å². The predicted octanol–water partition coefficient (Wildman–Crippen LogP) is 0.862. The Bertz CT molecular complexity index is 329. The lowest BCUT2D eigenvalue weighted by molar-refractivity contribution is -0.141. The summed E-state index contributed by atoms with van der Waals surface area (Å²) in [7, 11) is 1.25. The van der Waals surface area contributed by atoms with Crippen LogP contribution in [0.15, 0.2) is 24.5 Å². The lowest BCUT2D eigenvalue weighted by atomic mass is 10.0. The fourth-order valence-corrected chi connectivity index (χ4v) is 0.928. The van der Waals surface area contributed by atoms with E-state index in [0.717, 1.165) is 0 Å². The summed E-state index contributed by atoms with van der Waals surface area (Å²) in [6.45, 7) is 0. The normalized spacial score (nSPS) is 11.4. The van der Waals surface area contributed by atoms with Gasteiger partial charge in [0.05, 0.1) is 13.2 Å². The first-order chi connectivity index (χ1) is 6.29. The molecule has 0 bridgehead atoms. The summed E-state index contributed by atoms with van der Waals surface area (Å²) in [6, 6.07) is 5.19. The molecule has 0 aliphatic rings. The Morgan fingerprint density at radius 2 is 2.54 bits per heavy atom. The first kappa shape index (κ1) is 9.20. The number of rotatable bonds is 2.